The van der Waals surface area contributed by atoms with Gasteiger partial charge in [0, 0.05) is 17.1 Å². The molecule has 0 bridgehead atoms. The van der Waals surface area contributed by atoms with Gasteiger partial charge in [0.1, 0.15) is 16.8 Å². The van der Waals surface area contributed by atoms with Crippen molar-refractivity contribution in [3.8, 4) is 6.07 Å². The van der Waals surface area contributed by atoms with Crippen molar-refractivity contribution in [3.05, 3.63) is 50.2 Å². The van der Waals surface area contributed by atoms with Crippen LogP contribution in [0, 0.1) is 24.2 Å². The van der Waals surface area contributed by atoms with E-state index in [0.717, 1.165) is 0 Å². The molecule has 1 aromatic carbocycles. The summed E-state index contributed by atoms with van der Waals surface area (Å²) in [5.41, 5.74) is 1.38. The van der Waals surface area contributed by atoms with Crippen LogP contribution in [0.5, 0.6) is 0 Å². The lowest BCUT2D eigenvalue weighted by Gasteiger charge is -2.07. The maximum absolute atomic E-state index is 12.4. The lowest BCUT2D eigenvalue weighted by molar-refractivity contribution is -0.112. The first-order valence-corrected chi connectivity index (χ1v) is 8.97. The fourth-order valence-electron chi connectivity index (χ4n) is 2.27. The van der Waals surface area contributed by atoms with Gasteiger partial charge in [-0.1, -0.05) is 48.7 Å². The molecule has 1 heterocycles. The number of hydrogen-bond acceptors (Lipinski definition) is 3. The van der Waals surface area contributed by atoms with E-state index in [4.69, 9.17) is 34.8 Å². The normalized spacial score (nSPS) is 11.5. The van der Waals surface area contributed by atoms with Crippen molar-refractivity contribution < 1.29 is 4.79 Å². The third-order valence-corrected chi connectivity index (χ3v) is 4.44. The number of rotatable bonds is 5. The average molecular weight is 412 g/mol. The van der Waals surface area contributed by atoms with Crippen LogP contribution in [0.1, 0.15) is 25.1 Å². The van der Waals surface area contributed by atoms with Crippen LogP contribution in [0.3, 0.4) is 0 Å². The Balaban J connectivity index is 2.33. The number of aryl methyl sites for hydroxylation is 1. The van der Waals surface area contributed by atoms with E-state index in [1.807, 2.05) is 19.9 Å². The van der Waals surface area contributed by atoms with Gasteiger partial charge in [-0.2, -0.15) is 10.4 Å². The van der Waals surface area contributed by atoms with Crippen molar-refractivity contribution in [2.75, 3.05) is 5.32 Å². The summed E-state index contributed by atoms with van der Waals surface area (Å²) < 4.78 is 1.66. The Bertz CT molecular complexity index is 910. The van der Waals surface area contributed by atoms with Gasteiger partial charge in [-0.15, -0.1) is 0 Å². The highest BCUT2D eigenvalue weighted by Gasteiger charge is 2.17. The molecule has 136 valence electrons. The Hall–Kier alpha value is -2.00. The van der Waals surface area contributed by atoms with Crippen LogP contribution >= 0.6 is 34.8 Å². The number of amides is 1. The average Bonchev–Trinajstić information content (AvgIpc) is 2.82. The Labute approximate surface area is 167 Å². The molecule has 0 atom stereocenters. The van der Waals surface area contributed by atoms with E-state index in [-0.39, 0.29) is 5.57 Å². The van der Waals surface area contributed by atoms with Gasteiger partial charge in [-0.05, 0) is 37.1 Å². The molecular formula is C18H17Cl3N4O. The molecule has 26 heavy (non-hydrogen) atoms. The summed E-state index contributed by atoms with van der Waals surface area (Å²) in [6.45, 7) is 6.51. The molecule has 0 saturated carbocycles. The van der Waals surface area contributed by atoms with Gasteiger partial charge in [0.2, 0.25) is 0 Å². The standard InChI is InChI=1S/C18H17Cl3N4O/c1-10(2)9-25-17(21)14(11(3)24-25)6-12(8-22)18(26)23-16-7-13(19)4-5-15(16)20/h4-7,10H,9H2,1-3H3,(H,23,26)/b12-6+. The fourth-order valence-corrected chi connectivity index (χ4v) is 2.91. The van der Waals surface area contributed by atoms with Gasteiger partial charge in [-0.3, -0.25) is 9.48 Å². The number of carbonyl (C=O) groups excluding carboxylic acids is 1. The van der Waals surface area contributed by atoms with Gasteiger partial charge >= 0.3 is 0 Å². The van der Waals surface area contributed by atoms with Crippen molar-refractivity contribution in [2.45, 2.75) is 27.3 Å². The van der Waals surface area contributed by atoms with Crippen molar-refractivity contribution in [3.63, 3.8) is 0 Å². The number of nitrogens with one attached hydrogen (secondary N) is 1. The molecular weight excluding hydrogens is 395 g/mol. The van der Waals surface area contributed by atoms with E-state index >= 15 is 0 Å². The second kappa shape index (κ2) is 8.59. The molecule has 2 aromatic rings. The van der Waals surface area contributed by atoms with Gasteiger partial charge in [-0.25, -0.2) is 0 Å². The molecule has 1 amide bonds. The van der Waals surface area contributed by atoms with Gasteiger partial charge < -0.3 is 5.32 Å². The minimum Gasteiger partial charge on any atom is -0.320 e. The molecule has 0 saturated heterocycles. The monoisotopic (exact) mass is 410 g/mol. The Kier molecular flexibility index (Phi) is 6.71. The molecule has 2 rings (SSSR count). The van der Waals surface area contributed by atoms with E-state index in [9.17, 15) is 10.1 Å². The molecule has 1 aromatic heterocycles. The highest BCUT2D eigenvalue weighted by atomic mass is 35.5. The topological polar surface area (TPSA) is 70.7 Å². The van der Waals surface area contributed by atoms with Gasteiger partial charge in [0.25, 0.3) is 5.91 Å². The molecule has 0 aliphatic rings. The van der Waals surface area contributed by atoms with Crippen molar-refractivity contribution in [2.24, 2.45) is 5.92 Å². The summed E-state index contributed by atoms with van der Waals surface area (Å²) in [5, 5.41) is 17.5. The minimum absolute atomic E-state index is 0.116. The van der Waals surface area contributed by atoms with Crippen LogP contribution in [-0.4, -0.2) is 15.7 Å². The van der Waals surface area contributed by atoms with Gasteiger partial charge in [0.05, 0.1) is 16.4 Å². The second-order valence-corrected chi connectivity index (χ2v) is 7.32. The fraction of sp³-hybridized carbons (Fsp3) is 0.278. The maximum atomic E-state index is 12.4. The molecule has 0 radical (unpaired) electrons. The van der Waals surface area contributed by atoms with Crippen molar-refractivity contribution >= 4 is 52.5 Å². The number of nitriles is 1. The Morgan fingerprint density at radius 1 is 1.38 bits per heavy atom. The highest BCUT2D eigenvalue weighted by molar-refractivity contribution is 6.36. The highest BCUT2D eigenvalue weighted by Crippen LogP contribution is 2.27. The smallest absolute Gasteiger partial charge is 0.266 e. The minimum atomic E-state index is -0.608. The van der Waals surface area contributed by atoms with Crippen LogP contribution in [-0.2, 0) is 11.3 Å². The predicted octanol–water partition coefficient (Wildman–Crippen LogP) is 5.35. The quantitative estimate of drug-likeness (QED) is 0.532. The third kappa shape index (κ3) is 4.79. The summed E-state index contributed by atoms with van der Waals surface area (Å²) in [6, 6.07) is 6.56. The van der Waals surface area contributed by atoms with E-state index in [1.165, 1.54) is 12.1 Å². The summed E-state index contributed by atoms with van der Waals surface area (Å²) in [5.74, 6) is -0.254. The van der Waals surface area contributed by atoms with E-state index in [2.05, 4.69) is 10.4 Å². The van der Waals surface area contributed by atoms with E-state index in [1.54, 1.807) is 23.7 Å². The number of anilines is 1. The number of halogens is 3. The molecule has 0 spiro atoms. The third-order valence-electron chi connectivity index (χ3n) is 3.48. The zero-order valence-corrected chi connectivity index (χ0v) is 16.7. The molecule has 0 aliphatic heterocycles. The van der Waals surface area contributed by atoms with E-state index in [0.29, 0.717) is 44.6 Å². The number of nitrogens with zero attached hydrogens (tertiary/aromatic N) is 3. The Morgan fingerprint density at radius 3 is 2.69 bits per heavy atom. The number of carbonyl (C=O) groups is 1. The number of benzene rings is 1. The molecule has 5 nitrogen and oxygen atoms in total. The van der Waals surface area contributed by atoms with Crippen LogP contribution in [0.2, 0.25) is 15.2 Å². The summed E-state index contributed by atoms with van der Waals surface area (Å²) in [6.07, 6.45) is 1.43. The zero-order chi connectivity index (χ0) is 19.4. The lowest BCUT2D eigenvalue weighted by atomic mass is 10.1. The molecule has 0 unspecified atom stereocenters. The van der Waals surface area contributed by atoms with E-state index < -0.39 is 5.91 Å². The summed E-state index contributed by atoms with van der Waals surface area (Å²) >= 11 is 18.3. The molecule has 0 aliphatic carbocycles. The molecule has 1 N–H and O–H groups in total. The van der Waals surface area contributed by atoms with Crippen LogP contribution in [0.15, 0.2) is 23.8 Å². The molecule has 0 fully saturated rings. The van der Waals surface area contributed by atoms with Crippen molar-refractivity contribution in [1.82, 2.24) is 9.78 Å². The summed E-state index contributed by atoms with van der Waals surface area (Å²) in [4.78, 5) is 12.4. The first-order valence-electron chi connectivity index (χ1n) is 7.84. The summed E-state index contributed by atoms with van der Waals surface area (Å²) in [7, 11) is 0. The van der Waals surface area contributed by atoms with Gasteiger partial charge in [0.15, 0.2) is 0 Å². The SMILES string of the molecule is Cc1nn(CC(C)C)c(Cl)c1/C=C(\C#N)C(=O)Nc1cc(Cl)ccc1Cl. The maximum Gasteiger partial charge on any atom is 0.266 e. The van der Waals surface area contributed by atoms with Crippen LogP contribution in [0.4, 0.5) is 5.69 Å². The van der Waals surface area contributed by atoms with Crippen molar-refractivity contribution in [1.29, 1.82) is 5.26 Å². The number of aromatic nitrogens is 2. The van der Waals surface area contributed by atoms with Crippen LogP contribution < -0.4 is 5.32 Å². The first kappa shape index (κ1) is 20.3. The zero-order valence-electron chi connectivity index (χ0n) is 14.5. The largest absolute Gasteiger partial charge is 0.320 e. The Morgan fingerprint density at radius 2 is 2.08 bits per heavy atom. The lowest BCUT2D eigenvalue weighted by Crippen LogP contribution is -2.13. The second-order valence-electron chi connectivity index (χ2n) is 6.11. The molecule has 8 heteroatoms. The number of hydrogen-bond donors (Lipinski definition) is 1. The first-order chi connectivity index (χ1) is 12.2. The van der Waals surface area contributed by atoms with Crippen LogP contribution in [0.25, 0.3) is 6.08 Å². The predicted molar refractivity (Wildman–Crippen MR) is 105 cm³/mol.